The molecule has 3 rings (SSSR count). The smallest absolute Gasteiger partial charge is 0.244 e. The van der Waals surface area contributed by atoms with E-state index in [2.05, 4.69) is 10.00 Å². The number of aromatic nitrogens is 2. The van der Waals surface area contributed by atoms with Crippen LogP contribution in [-0.2, 0) is 21.2 Å². The summed E-state index contributed by atoms with van der Waals surface area (Å²) in [7, 11) is -2.85. The van der Waals surface area contributed by atoms with E-state index >= 15 is 0 Å². The maximum Gasteiger partial charge on any atom is 0.244 e. The van der Waals surface area contributed by atoms with Gasteiger partial charge in [0, 0.05) is 37.9 Å². The minimum Gasteiger partial charge on any atom is -0.339 e. The number of carbonyl (C=O) groups is 1. The van der Waals surface area contributed by atoms with E-state index in [-0.39, 0.29) is 24.2 Å². The van der Waals surface area contributed by atoms with E-state index in [1.807, 2.05) is 24.8 Å². The Morgan fingerprint density at radius 1 is 1.26 bits per heavy atom. The first-order valence-corrected chi connectivity index (χ1v) is 9.89. The van der Waals surface area contributed by atoms with Gasteiger partial charge in [0.2, 0.25) is 5.91 Å². The quantitative estimate of drug-likeness (QED) is 0.764. The van der Waals surface area contributed by atoms with Gasteiger partial charge in [-0.1, -0.05) is 0 Å². The van der Waals surface area contributed by atoms with Crippen molar-refractivity contribution in [1.29, 1.82) is 0 Å². The molecule has 0 spiro atoms. The predicted octanol–water partition coefficient (Wildman–Crippen LogP) is -0.169. The highest BCUT2D eigenvalue weighted by molar-refractivity contribution is 7.91. The molecule has 128 valence electrons. The van der Waals surface area contributed by atoms with Crippen molar-refractivity contribution in [2.75, 3.05) is 37.7 Å². The number of hydrogen-bond donors (Lipinski definition) is 0. The molecule has 1 amide bonds. The maximum atomic E-state index is 12.4. The van der Waals surface area contributed by atoms with Gasteiger partial charge in [0.1, 0.15) is 6.54 Å². The number of aryl methyl sites for hydroxylation is 2. The van der Waals surface area contributed by atoms with Crippen LogP contribution in [0.15, 0.2) is 6.07 Å². The largest absolute Gasteiger partial charge is 0.339 e. The van der Waals surface area contributed by atoms with Gasteiger partial charge < -0.3 is 4.90 Å². The average Bonchev–Trinajstić information content (AvgIpc) is 3.01. The summed E-state index contributed by atoms with van der Waals surface area (Å²) in [4.78, 5) is 16.5. The SMILES string of the molecule is Cc1cc(C)n(CC(=O)N2CCN(C3CCS(=O)(=O)C3)CC2)n1. The lowest BCUT2D eigenvalue weighted by Gasteiger charge is -2.37. The summed E-state index contributed by atoms with van der Waals surface area (Å²) in [6.45, 7) is 6.97. The van der Waals surface area contributed by atoms with Crippen LogP contribution in [0.4, 0.5) is 0 Å². The summed E-state index contributed by atoms with van der Waals surface area (Å²) in [6.07, 6.45) is 0.724. The Kier molecular flexibility index (Phi) is 4.46. The molecule has 8 heteroatoms. The fourth-order valence-electron chi connectivity index (χ4n) is 3.46. The van der Waals surface area contributed by atoms with Crippen LogP contribution in [0.3, 0.4) is 0 Å². The van der Waals surface area contributed by atoms with Crippen LogP contribution in [-0.4, -0.2) is 77.6 Å². The zero-order chi connectivity index (χ0) is 16.6. The Morgan fingerprint density at radius 2 is 1.96 bits per heavy atom. The fraction of sp³-hybridized carbons (Fsp3) is 0.733. The Balaban J connectivity index is 1.52. The molecular weight excluding hydrogens is 316 g/mol. The van der Waals surface area contributed by atoms with E-state index in [0.717, 1.165) is 30.9 Å². The van der Waals surface area contributed by atoms with Crippen LogP contribution in [0.2, 0.25) is 0 Å². The molecule has 2 fully saturated rings. The normalized spacial score (nSPS) is 25.0. The average molecular weight is 340 g/mol. The first-order chi connectivity index (χ1) is 10.8. The number of rotatable bonds is 3. The first kappa shape index (κ1) is 16.4. The van der Waals surface area contributed by atoms with Gasteiger partial charge in [0.25, 0.3) is 0 Å². The van der Waals surface area contributed by atoms with E-state index < -0.39 is 9.84 Å². The van der Waals surface area contributed by atoms with E-state index in [4.69, 9.17) is 0 Å². The fourth-order valence-corrected chi connectivity index (χ4v) is 5.22. The molecule has 1 aromatic heterocycles. The van der Waals surface area contributed by atoms with Gasteiger partial charge in [-0.3, -0.25) is 14.4 Å². The molecule has 2 aliphatic rings. The Hall–Kier alpha value is -1.41. The highest BCUT2D eigenvalue weighted by Crippen LogP contribution is 2.19. The summed E-state index contributed by atoms with van der Waals surface area (Å²) in [5, 5.41) is 4.33. The molecule has 0 aliphatic carbocycles. The van der Waals surface area contributed by atoms with Crippen molar-refractivity contribution in [2.45, 2.75) is 32.9 Å². The molecule has 2 aliphatic heterocycles. The molecule has 0 N–H and O–H groups in total. The second kappa shape index (κ2) is 6.24. The molecule has 3 heterocycles. The summed E-state index contributed by atoms with van der Waals surface area (Å²) < 4.78 is 24.9. The Morgan fingerprint density at radius 3 is 2.48 bits per heavy atom. The standard InChI is InChI=1S/C15H24N4O3S/c1-12-9-13(2)19(16-12)10-15(20)18-6-4-17(5-7-18)14-3-8-23(21,22)11-14/h9,14H,3-8,10-11H2,1-2H3. The Bertz CT molecular complexity index is 690. The van der Waals surface area contributed by atoms with Crippen molar-refractivity contribution in [3.8, 4) is 0 Å². The Labute approximate surface area is 137 Å². The molecule has 0 bridgehead atoms. The lowest BCUT2D eigenvalue weighted by atomic mass is 10.2. The number of nitrogens with zero attached hydrogens (tertiary/aromatic N) is 4. The van der Waals surface area contributed by atoms with Gasteiger partial charge in [-0.05, 0) is 26.3 Å². The number of piperazine rings is 1. The highest BCUT2D eigenvalue weighted by atomic mass is 32.2. The van der Waals surface area contributed by atoms with Crippen LogP contribution in [0.25, 0.3) is 0 Å². The van der Waals surface area contributed by atoms with Gasteiger partial charge in [0.15, 0.2) is 9.84 Å². The van der Waals surface area contributed by atoms with Crippen LogP contribution < -0.4 is 0 Å². The number of carbonyl (C=O) groups excluding carboxylic acids is 1. The third kappa shape index (κ3) is 3.74. The highest BCUT2D eigenvalue weighted by Gasteiger charge is 2.34. The molecule has 7 nitrogen and oxygen atoms in total. The van der Waals surface area contributed by atoms with Crippen LogP contribution in [0.5, 0.6) is 0 Å². The van der Waals surface area contributed by atoms with Crippen molar-refractivity contribution >= 4 is 15.7 Å². The summed E-state index contributed by atoms with van der Waals surface area (Å²) in [5.74, 6) is 0.649. The van der Waals surface area contributed by atoms with Crippen molar-refractivity contribution in [3.05, 3.63) is 17.5 Å². The minimum absolute atomic E-state index is 0.0786. The van der Waals surface area contributed by atoms with Gasteiger partial charge in [-0.25, -0.2) is 8.42 Å². The van der Waals surface area contributed by atoms with Crippen LogP contribution in [0, 0.1) is 13.8 Å². The summed E-state index contributed by atoms with van der Waals surface area (Å²) in [5.41, 5.74) is 1.91. The summed E-state index contributed by atoms with van der Waals surface area (Å²) >= 11 is 0. The van der Waals surface area contributed by atoms with E-state index in [1.165, 1.54) is 0 Å². The topological polar surface area (TPSA) is 75.5 Å². The van der Waals surface area contributed by atoms with Crippen molar-refractivity contribution in [3.63, 3.8) is 0 Å². The monoisotopic (exact) mass is 340 g/mol. The molecule has 0 radical (unpaired) electrons. The molecule has 2 saturated heterocycles. The lowest BCUT2D eigenvalue weighted by Crippen LogP contribution is -2.52. The van der Waals surface area contributed by atoms with Crippen molar-refractivity contribution < 1.29 is 13.2 Å². The predicted molar refractivity (Wildman–Crippen MR) is 86.9 cm³/mol. The van der Waals surface area contributed by atoms with Gasteiger partial charge in [-0.2, -0.15) is 5.10 Å². The third-order valence-corrected chi connectivity index (χ3v) is 6.53. The van der Waals surface area contributed by atoms with Crippen molar-refractivity contribution in [2.24, 2.45) is 0 Å². The second-order valence-electron chi connectivity index (χ2n) is 6.56. The zero-order valence-corrected chi connectivity index (χ0v) is 14.5. The first-order valence-electron chi connectivity index (χ1n) is 8.07. The maximum absolute atomic E-state index is 12.4. The number of hydrogen-bond acceptors (Lipinski definition) is 5. The third-order valence-electron chi connectivity index (χ3n) is 4.78. The second-order valence-corrected chi connectivity index (χ2v) is 8.79. The zero-order valence-electron chi connectivity index (χ0n) is 13.7. The van der Waals surface area contributed by atoms with Gasteiger partial charge >= 0.3 is 0 Å². The van der Waals surface area contributed by atoms with E-state index in [9.17, 15) is 13.2 Å². The molecule has 1 atom stereocenters. The lowest BCUT2D eigenvalue weighted by molar-refractivity contribution is -0.134. The molecular formula is C15H24N4O3S. The van der Waals surface area contributed by atoms with Gasteiger partial charge in [0.05, 0.1) is 17.2 Å². The van der Waals surface area contributed by atoms with Crippen LogP contribution in [0.1, 0.15) is 17.8 Å². The van der Waals surface area contributed by atoms with E-state index in [1.54, 1.807) is 4.68 Å². The molecule has 1 aromatic rings. The van der Waals surface area contributed by atoms with Crippen LogP contribution >= 0.6 is 0 Å². The minimum atomic E-state index is -2.85. The summed E-state index contributed by atoms with van der Waals surface area (Å²) in [6, 6.07) is 2.10. The van der Waals surface area contributed by atoms with Crippen molar-refractivity contribution in [1.82, 2.24) is 19.6 Å². The molecule has 0 saturated carbocycles. The van der Waals surface area contributed by atoms with Gasteiger partial charge in [-0.15, -0.1) is 0 Å². The number of amides is 1. The number of sulfone groups is 1. The van der Waals surface area contributed by atoms with E-state index in [0.29, 0.717) is 18.8 Å². The molecule has 1 unspecified atom stereocenters. The molecule has 0 aromatic carbocycles. The molecule has 23 heavy (non-hydrogen) atoms.